The van der Waals surface area contributed by atoms with Crippen LogP contribution in [0.25, 0.3) is 0 Å². The molecule has 24 heavy (non-hydrogen) atoms. The summed E-state index contributed by atoms with van der Waals surface area (Å²) in [4.78, 5) is 15.7. The fourth-order valence-electron chi connectivity index (χ4n) is 2.58. The summed E-state index contributed by atoms with van der Waals surface area (Å²) in [6, 6.07) is 16.2. The molecule has 3 nitrogen and oxygen atoms in total. The summed E-state index contributed by atoms with van der Waals surface area (Å²) in [5.74, 6) is -0.0211. The molecule has 0 aliphatic rings. The lowest BCUT2D eigenvalue weighted by molar-refractivity contribution is 0.0948. The minimum atomic E-state index is -0.0211. The van der Waals surface area contributed by atoms with Gasteiger partial charge >= 0.3 is 0 Å². The Balaban J connectivity index is 1.93. The summed E-state index contributed by atoms with van der Waals surface area (Å²) in [7, 11) is 0. The van der Waals surface area contributed by atoms with Crippen molar-refractivity contribution in [3.05, 3.63) is 65.2 Å². The minimum absolute atomic E-state index is 0.0211. The molecule has 2 aromatic carbocycles. The molecule has 0 radical (unpaired) electrons. The van der Waals surface area contributed by atoms with E-state index in [0.717, 1.165) is 35.7 Å². The molecule has 0 saturated carbocycles. The molecule has 0 aliphatic heterocycles. The molecule has 0 saturated heterocycles. The zero-order valence-corrected chi connectivity index (χ0v) is 15.5. The molecule has 0 aromatic heterocycles. The third kappa shape index (κ3) is 5.11. The zero-order chi connectivity index (χ0) is 17.4. The molecule has 0 bridgehead atoms. The van der Waals surface area contributed by atoms with Crippen molar-refractivity contribution in [3.8, 4) is 0 Å². The van der Waals surface area contributed by atoms with Crippen molar-refractivity contribution in [3.63, 3.8) is 0 Å². The van der Waals surface area contributed by atoms with Crippen LogP contribution in [0.4, 0.5) is 0 Å². The first-order valence-electron chi connectivity index (χ1n) is 8.39. The van der Waals surface area contributed by atoms with Gasteiger partial charge in [-0.15, -0.1) is 11.8 Å². The fourth-order valence-corrected chi connectivity index (χ4v) is 3.17. The Kier molecular flexibility index (Phi) is 7.35. The van der Waals surface area contributed by atoms with Crippen LogP contribution in [0.1, 0.15) is 35.3 Å². The maximum atomic E-state index is 12.4. The SMILES string of the molecule is CCN(CC)Cc1ccc(CNC(=O)c2ccccc2SC)cc1. The number of hydrogen-bond donors (Lipinski definition) is 1. The molecule has 2 aromatic rings. The van der Waals surface area contributed by atoms with Gasteiger partial charge in [0.05, 0.1) is 5.56 Å². The van der Waals surface area contributed by atoms with Gasteiger partial charge in [0.15, 0.2) is 0 Å². The Labute approximate surface area is 149 Å². The lowest BCUT2D eigenvalue weighted by atomic mass is 10.1. The number of thioether (sulfide) groups is 1. The Hall–Kier alpha value is -1.78. The Morgan fingerprint density at radius 3 is 2.25 bits per heavy atom. The smallest absolute Gasteiger partial charge is 0.252 e. The molecule has 0 spiro atoms. The number of nitrogens with one attached hydrogen (secondary N) is 1. The molecule has 0 unspecified atom stereocenters. The summed E-state index contributed by atoms with van der Waals surface area (Å²) >= 11 is 1.59. The van der Waals surface area contributed by atoms with Crippen molar-refractivity contribution in [1.82, 2.24) is 10.2 Å². The third-order valence-corrected chi connectivity index (χ3v) is 4.92. The standard InChI is InChI=1S/C20H26N2OS/c1-4-22(5-2)15-17-12-10-16(11-13-17)14-21-20(23)18-8-6-7-9-19(18)24-3/h6-13H,4-5,14-15H2,1-3H3,(H,21,23). The van der Waals surface area contributed by atoms with E-state index in [1.165, 1.54) is 5.56 Å². The van der Waals surface area contributed by atoms with Gasteiger partial charge in [-0.1, -0.05) is 50.2 Å². The second kappa shape index (κ2) is 9.50. The van der Waals surface area contributed by atoms with Crippen LogP contribution in [0.5, 0.6) is 0 Å². The number of amides is 1. The van der Waals surface area contributed by atoms with E-state index < -0.39 is 0 Å². The Bertz CT molecular complexity index is 651. The molecule has 0 atom stereocenters. The van der Waals surface area contributed by atoms with Crippen molar-refractivity contribution in [1.29, 1.82) is 0 Å². The molecular weight excluding hydrogens is 316 g/mol. The summed E-state index contributed by atoms with van der Waals surface area (Å²) in [5, 5.41) is 3.01. The van der Waals surface area contributed by atoms with Gasteiger partial charge in [-0.25, -0.2) is 0 Å². The largest absolute Gasteiger partial charge is 0.348 e. The van der Waals surface area contributed by atoms with Crippen LogP contribution in [0.15, 0.2) is 53.4 Å². The predicted octanol–water partition coefficient (Wildman–Crippen LogP) is 4.18. The Morgan fingerprint density at radius 2 is 1.62 bits per heavy atom. The van der Waals surface area contributed by atoms with E-state index in [1.807, 2.05) is 30.5 Å². The van der Waals surface area contributed by atoms with Crippen LogP contribution in [0, 0.1) is 0 Å². The molecule has 0 aliphatic carbocycles. The maximum absolute atomic E-state index is 12.4. The molecule has 2 rings (SSSR count). The van der Waals surface area contributed by atoms with Crippen molar-refractivity contribution in [2.24, 2.45) is 0 Å². The van der Waals surface area contributed by atoms with Crippen molar-refractivity contribution in [2.45, 2.75) is 31.8 Å². The van der Waals surface area contributed by atoms with Gasteiger partial charge in [-0.05, 0) is 42.6 Å². The highest BCUT2D eigenvalue weighted by Crippen LogP contribution is 2.19. The molecule has 1 N–H and O–H groups in total. The number of hydrogen-bond acceptors (Lipinski definition) is 3. The first-order valence-corrected chi connectivity index (χ1v) is 9.61. The lowest BCUT2D eigenvalue weighted by Gasteiger charge is -2.18. The summed E-state index contributed by atoms with van der Waals surface area (Å²) in [6.07, 6.45) is 1.99. The first kappa shape index (κ1) is 18.6. The van der Waals surface area contributed by atoms with Crippen LogP contribution in [-0.4, -0.2) is 30.2 Å². The average molecular weight is 343 g/mol. The van der Waals surface area contributed by atoms with Crippen LogP contribution < -0.4 is 5.32 Å². The van der Waals surface area contributed by atoms with Gasteiger partial charge < -0.3 is 5.32 Å². The van der Waals surface area contributed by atoms with Crippen LogP contribution in [-0.2, 0) is 13.1 Å². The van der Waals surface area contributed by atoms with Gasteiger partial charge in [0.25, 0.3) is 5.91 Å². The van der Waals surface area contributed by atoms with E-state index >= 15 is 0 Å². The van der Waals surface area contributed by atoms with E-state index in [9.17, 15) is 4.79 Å². The predicted molar refractivity (Wildman–Crippen MR) is 102 cm³/mol. The van der Waals surface area contributed by atoms with Gasteiger partial charge in [0.2, 0.25) is 0 Å². The normalized spacial score (nSPS) is 10.8. The fraction of sp³-hybridized carbons (Fsp3) is 0.350. The molecule has 0 fully saturated rings. The highest BCUT2D eigenvalue weighted by Gasteiger charge is 2.09. The summed E-state index contributed by atoms with van der Waals surface area (Å²) < 4.78 is 0. The van der Waals surface area contributed by atoms with Crippen molar-refractivity contribution in [2.75, 3.05) is 19.3 Å². The number of carbonyl (C=O) groups excluding carboxylic acids is 1. The first-order chi connectivity index (χ1) is 11.7. The lowest BCUT2D eigenvalue weighted by Crippen LogP contribution is -2.23. The second-order valence-corrected chi connectivity index (χ2v) is 6.51. The molecule has 1 amide bonds. The molecular formula is C20H26N2OS. The van der Waals surface area contributed by atoms with Crippen molar-refractivity contribution >= 4 is 17.7 Å². The van der Waals surface area contributed by atoms with Gasteiger partial charge in [0, 0.05) is 18.0 Å². The van der Waals surface area contributed by atoms with Crippen LogP contribution in [0.3, 0.4) is 0 Å². The summed E-state index contributed by atoms with van der Waals surface area (Å²) in [6.45, 7) is 8.00. The monoisotopic (exact) mass is 342 g/mol. The van der Waals surface area contributed by atoms with E-state index in [-0.39, 0.29) is 5.91 Å². The quantitative estimate of drug-likeness (QED) is 0.731. The highest BCUT2D eigenvalue weighted by molar-refractivity contribution is 7.98. The summed E-state index contributed by atoms with van der Waals surface area (Å²) in [5.41, 5.74) is 3.16. The highest BCUT2D eigenvalue weighted by atomic mass is 32.2. The number of nitrogens with zero attached hydrogens (tertiary/aromatic N) is 1. The van der Waals surface area contributed by atoms with Crippen LogP contribution >= 0.6 is 11.8 Å². The third-order valence-electron chi connectivity index (χ3n) is 4.13. The van der Waals surface area contributed by atoms with Crippen LogP contribution in [0.2, 0.25) is 0 Å². The van der Waals surface area contributed by atoms with E-state index in [1.54, 1.807) is 11.8 Å². The molecule has 0 heterocycles. The minimum Gasteiger partial charge on any atom is -0.348 e. The topological polar surface area (TPSA) is 32.3 Å². The average Bonchev–Trinajstić information content (AvgIpc) is 2.65. The zero-order valence-electron chi connectivity index (χ0n) is 14.7. The Morgan fingerprint density at radius 1 is 1.00 bits per heavy atom. The van der Waals surface area contributed by atoms with E-state index in [4.69, 9.17) is 0 Å². The second-order valence-electron chi connectivity index (χ2n) is 5.66. The molecule has 128 valence electrons. The number of rotatable bonds is 8. The molecule has 4 heteroatoms. The van der Waals surface area contributed by atoms with E-state index in [2.05, 4.69) is 48.3 Å². The number of carbonyl (C=O) groups is 1. The van der Waals surface area contributed by atoms with E-state index in [0.29, 0.717) is 6.54 Å². The van der Waals surface area contributed by atoms with Gasteiger partial charge in [-0.2, -0.15) is 0 Å². The van der Waals surface area contributed by atoms with Gasteiger partial charge in [0.1, 0.15) is 0 Å². The maximum Gasteiger partial charge on any atom is 0.252 e. The van der Waals surface area contributed by atoms with Crippen molar-refractivity contribution < 1.29 is 4.79 Å². The number of benzene rings is 2. The van der Waals surface area contributed by atoms with Gasteiger partial charge in [-0.3, -0.25) is 9.69 Å².